The average molecular weight is 826 g/mol. The highest BCUT2D eigenvalue weighted by Gasteiger charge is 2.45. The molecule has 2 N–H and O–H groups in total. The third kappa shape index (κ3) is 7.80. The molecule has 5 aromatic rings. The minimum atomic E-state index is -2.15. The van der Waals surface area contributed by atoms with Gasteiger partial charge in [0, 0.05) is 41.8 Å². The third-order valence-electron chi connectivity index (χ3n) is 14.3. The van der Waals surface area contributed by atoms with Crippen molar-refractivity contribution in [2.45, 2.75) is 113 Å². The molecule has 61 heavy (non-hydrogen) atoms. The van der Waals surface area contributed by atoms with Crippen molar-refractivity contribution in [3.63, 3.8) is 0 Å². The number of carbonyl (C=O) groups is 2. The molecule has 0 radical (unpaired) electrons. The number of nitrogens with one attached hydrogen (secondary N) is 2. The number of likely N-dealkylation sites (tertiary alicyclic amines) is 1. The Kier molecular flexibility index (Phi) is 10.6. The summed E-state index contributed by atoms with van der Waals surface area (Å²) < 4.78 is 24.9. The molecule has 0 spiro atoms. The van der Waals surface area contributed by atoms with Crippen molar-refractivity contribution < 1.29 is 18.7 Å². The minimum absolute atomic E-state index is 0.00891. The molecule has 316 valence electrons. The van der Waals surface area contributed by atoms with Gasteiger partial charge in [-0.15, -0.1) is 5.10 Å². The van der Waals surface area contributed by atoms with Crippen molar-refractivity contribution in [1.82, 2.24) is 45.0 Å². The molecule has 10 rings (SSSR count). The third-order valence-corrected chi connectivity index (χ3v) is 14.3. The quantitative estimate of drug-likeness (QED) is 0.135. The number of anilines is 1. The van der Waals surface area contributed by atoms with Gasteiger partial charge in [-0.05, 0) is 125 Å². The number of hydrogen-bond donors (Lipinski definition) is 2. The molecule has 4 aromatic heterocycles. The highest BCUT2D eigenvalue weighted by atomic mass is 19.1. The number of hydrogen-bond acceptors (Lipinski definition) is 11. The fourth-order valence-electron chi connectivity index (χ4n) is 10.6. The molecule has 3 aliphatic heterocycles. The number of nitriles is 1. The summed E-state index contributed by atoms with van der Waals surface area (Å²) in [6.07, 6.45) is 15.7. The molecule has 15 heteroatoms. The van der Waals surface area contributed by atoms with Gasteiger partial charge in [-0.1, -0.05) is 29.5 Å². The molecule has 5 aliphatic rings. The lowest BCUT2D eigenvalue weighted by Gasteiger charge is -2.34. The van der Waals surface area contributed by atoms with Gasteiger partial charge < -0.3 is 15.0 Å². The zero-order valence-electron chi connectivity index (χ0n) is 34.5. The first-order valence-electron chi connectivity index (χ1n) is 22.1. The van der Waals surface area contributed by atoms with E-state index in [0.29, 0.717) is 58.4 Å². The van der Waals surface area contributed by atoms with E-state index in [1.54, 1.807) is 27.7 Å². The van der Waals surface area contributed by atoms with Crippen LogP contribution < -0.4 is 10.6 Å². The standard InChI is InChI=1S/C46H52FN11O3/c1-28(23-48)51-39-22-42(58-44-33(24-50-58)8-11-38(52-44)37-21-36-20-34(37)27-61-36)49-25-41(39)57-26-40(54-55-57)32-4-2-29(3-5-32)13-17-56-18-14-31(15-19-56)30-6-9-35(10-7-30)46(47)16-12-43(59)53-45(46)60/h6-11,22,24-26,28-29,31-32,34,36-37H,2-5,12-21,27H2,1H3,(H,49,51)(H,53,59,60)/t28-,29?,32?,34-,36-,37?,46+/m1/s1. The van der Waals surface area contributed by atoms with E-state index in [9.17, 15) is 14.9 Å². The van der Waals surface area contributed by atoms with E-state index in [2.05, 4.69) is 49.1 Å². The van der Waals surface area contributed by atoms with E-state index in [4.69, 9.17) is 14.7 Å². The van der Waals surface area contributed by atoms with Crippen molar-refractivity contribution in [2.24, 2.45) is 11.8 Å². The predicted octanol–water partition coefficient (Wildman–Crippen LogP) is 6.76. The van der Waals surface area contributed by atoms with Crippen molar-refractivity contribution in [3.05, 3.63) is 83.6 Å². The van der Waals surface area contributed by atoms with Gasteiger partial charge in [-0.2, -0.15) is 15.0 Å². The van der Waals surface area contributed by atoms with Crippen LogP contribution in [0.15, 0.2) is 61.1 Å². The maximum Gasteiger partial charge on any atom is 0.268 e. The van der Waals surface area contributed by atoms with Crippen LogP contribution in [0.4, 0.5) is 10.1 Å². The molecule has 1 unspecified atom stereocenters. The van der Waals surface area contributed by atoms with Crippen LogP contribution >= 0.6 is 0 Å². The Morgan fingerprint density at radius 2 is 1.84 bits per heavy atom. The van der Waals surface area contributed by atoms with Gasteiger partial charge in [-0.25, -0.2) is 19.0 Å². The molecule has 1 aromatic carbocycles. The van der Waals surface area contributed by atoms with Gasteiger partial charge in [0.25, 0.3) is 5.91 Å². The number of ether oxygens (including phenoxy) is 1. The van der Waals surface area contributed by atoms with E-state index >= 15 is 4.39 Å². The van der Waals surface area contributed by atoms with Crippen LogP contribution in [0.2, 0.25) is 0 Å². The maximum atomic E-state index is 15.5. The molecule has 2 amide bonds. The monoisotopic (exact) mass is 825 g/mol. The molecule has 2 aliphatic carbocycles. The number of amides is 2. The van der Waals surface area contributed by atoms with Crippen LogP contribution in [0.25, 0.3) is 22.5 Å². The number of rotatable bonds is 11. The van der Waals surface area contributed by atoms with Crippen LogP contribution in [-0.4, -0.2) is 89.8 Å². The summed E-state index contributed by atoms with van der Waals surface area (Å²) in [5, 5.41) is 30.0. The predicted molar refractivity (Wildman–Crippen MR) is 225 cm³/mol. The first-order valence-corrected chi connectivity index (χ1v) is 22.1. The summed E-state index contributed by atoms with van der Waals surface area (Å²) in [7, 11) is 0. The van der Waals surface area contributed by atoms with Gasteiger partial charge in [0.1, 0.15) is 11.7 Å². The van der Waals surface area contributed by atoms with Crippen LogP contribution in [0.5, 0.6) is 0 Å². The number of piperidine rings is 2. The van der Waals surface area contributed by atoms with E-state index in [1.807, 2.05) is 37.5 Å². The lowest BCUT2D eigenvalue weighted by Crippen LogP contribution is -2.49. The first kappa shape index (κ1) is 39.5. The average Bonchev–Trinajstić information content (AvgIpc) is 4.13. The molecule has 2 saturated carbocycles. The molecule has 3 saturated heterocycles. The summed E-state index contributed by atoms with van der Waals surface area (Å²) in [6.45, 7) is 5.80. The Morgan fingerprint density at radius 3 is 2.57 bits per heavy atom. The first-order chi connectivity index (χ1) is 29.7. The van der Waals surface area contributed by atoms with E-state index in [-0.39, 0.29) is 12.8 Å². The summed E-state index contributed by atoms with van der Waals surface area (Å²) in [5.41, 5.74) is 3.61. The zero-order chi connectivity index (χ0) is 41.7. The number of alkyl halides is 1. The number of benzene rings is 1. The smallest absolute Gasteiger partial charge is 0.268 e. The Labute approximate surface area is 354 Å². The fraction of sp³-hybridized carbons (Fsp3) is 0.522. The molecule has 7 heterocycles. The van der Waals surface area contributed by atoms with E-state index in [0.717, 1.165) is 100 Å². The fourth-order valence-corrected chi connectivity index (χ4v) is 10.6. The minimum Gasteiger partial charge on any atom is -0.378 e. The number of imide groups is 1. The SMILES string of the molecule is C[C@H](C#N)Nc1cc(-n2ncc3ccc(C4C[C@H]5C[C@@H]4CO5)nc32)ncc1-n1cc(C2CCC(CCN3CCC(c4ccc([C@@]5(F)CCC(=O)NC5=O)cc4)CC3)CC2)nn1. The molecular formula is C46H52FN11O3. The Bertz CT molecular complexity index is 2460. The second-order valence-electron chi connectivity index (χ2n) is 18.1. The molecule has 5 atom stereocenters. The topological polar surface area (TPSA) is 169 Å². The molecular weight excluding hydrogens is 774 g/mol. The number of carbonyl (C=O) groups excluding carboxylic acids is 2. The Morgan fingerprint density at radius 1 is 1.02 bits per heavy atom. The van der Waals surface area contributed by atoms with Gasteiger partial charge in [-0.3, -0.25) is 14.9 Å². The van der Waals surface area contributed by atoms with Crippen LogP contribution in [-0.2, 0) is 20.0 Å². The highest BCUT2D eigenvalue weighted by molar-refractivity contribution is 6.02. The number of fused-ring (bicyclic) bond motifs is 3. The second-order valence-corrected chi connectivity index (χ2v) is 18.1. The molecule has 2 bridgehead atoms. The van der Waals surface area contributed by atoms with E-state index < -0.39 is 23.5 Å². The van der Waals surface area contributed by atoms with Crippen LogP contribution in [0.1, 0.15) is 118 Å². The number of pyridine rings is 2. The zero-order valence-corrected chi connectivity index (χ0v) is 34.5. The van der Waals surface area contributed by atoms with Crippen molar-refractivity contribution in [2.75, 3.05) is 31.6 Å². The molecule has 5 fully saturated rings. The summed E-state index contributed by atoms with van der Waals surface area (Å²) in [6, 6.07) is 15.3. The second kappa shape index (κ2) is 16.4. The number of aromatic nitrogens is 7. The van der Waals surface area contributed by atoms with Crippen LogP contribution in [0.3, 0.4) is 0 Å². The van der Waals surface area contributed by atoms with Gasteiger partial charge >= 0.3 is 0 Å². The number of nitrogens with zero attached hydrogens (tertiary/aromatic N) is 9. The van der Waals surface area contributed by atoms with Gasteiger partial charge in [0.2, 0.25) is 11.6 Å². The Balaban J connectivity index is 0.739. The lowest BCUT2D eigenvalue weighted by molar-refractivity contribution is -0.144. The van der Waals surface area contributed by atoms with Crippen molar-refractivity contribution in [1.29, 1.82) is 5.26 Å². The molecule has 14 nitrogen and oxygen atoms in total. The largest absolute Gasteiger partial charge is 0.378 e. The van der Waals surface area contributed by atoms with Crippen LogP contribution in [0, 0.1) is 23.2 Å². The maximum absolute atomic E-state index is 15.5. The normalized spacial score (nSPS) is 27.6. The Hall–Kier alpha value is -5.59. The number of halogens is 1. The van der Waals surface area contributed by atoms with Crippen molar-refractivity contribution >= 4 is 28.5 Å². The highest BCUT2D eigenvalue weighted by Crippen LogP contribution is 2.46. The van der Waals surface area contributed by atoms with Gasteiger partial charge in [0.05, 0.1) is 48.8 Å². The van der Waals surface area contributed by atoms with Crippen molar-refractivity contribution in [3.8, 4) is 17.6 Å². The van der Waals surface area contributed by atoms with Gasteiger partial charge in [0.15, 0.2) is 11.5 Å². The van der Waals surface area contributed by atoms with E-state index in [1.165, 1.54) is 12.0 Å². The summed E-state index contributed by atoms with van der Waals surface area (Å²) in [4.78, 5) is 36.3. The lowest BCUT2D eigenvalue weighted by atomic mass is 9.79. The summed E-state index contributed by atoms with van der Waals surface area (Å²) >= 11 is 0. The summed E-state index contributed by atoms with van der Waals surface area (Å²) in [5.74, 6) is 1.68.